The lowest BCUT2D eigenvalue weighted by atomic mass is 10.1. The van der Waals surface area contributed by atoms with Gasteiger partial charge in [-0.1, -0.05) is 12.1 Å². The molecule has 1 saturated heterocycles. The highest BCUT2D eigenvalue weighted by Gasteiger charge is 2.44. The number of oxazole rings is 1. The lowest BCUT2D eigenvalue weighted by Gasteiger charge is -2.22. The van der Waals surface area contributed by atoms with Crippen LogP contribution in [0.3, 0.4) is 0 Å². The van der Waals surface area contributed by atoms with Crippen LogP contribution in [0.25, 0.3) is 10.8 Å². The van der Waals surface area contributed by atoms with Crippen LogP contribution in [-0.4, -0.2) is 47.5 Å². The average Bonchev–Trinajstić information content (AvgIpc) is 3.48. The van der Waals surface area contributed by atoms with Crippen LogP contribution in [0.5, 0.6) is 0 Å². The molecule has 170 valence electrons. The second-order valence-corrected chi connectivity index (χ2v) is 10.7. The molecule has 1 aliphatic heterocycles. The predicted octanol–water partition coefficient (Wildman–Crippen LogP) is 3.20. The number of hydrogen-bond acceptors (Lipinski definition) is 8. The fourth-order valence-electron chi connectivity index (χ4n) is 3.58. The number of esters is 1. The second-order valence-electron chi connectivity index (χ2n) is 7.83. The van der Waals surface area contributed by atoms with Gasteiger partial charge in [0.1, 0.15) is 24.1 Å². The van der Waals surface area contributed by atoms with Crippen molar-refractivity contribution >= 4 is 27.3 Å². The first kappa shape index (κ1) is 22.7. The van der Waals surface area contributed by atoms with Crippen molar-refractivity contribution < 1.29 is 27.5 Å². The van der Waals surface area contributed by atoms with Gasteiger partial charge in [-0.25, -0.2) is 13.4 Å². The number of aliphatic hydroxyl groups is 1. The second kappa shape index (κ2) is 8.78. The Hall–Kier alpha value is -2.53. The molecule has 0 radical (unpaired) electrons. The molecule has 1 aromatic carbocycles. The third kappa shape index (κ3) is 4.36. The van der Waals surface area contributed by atoms with Gasteiger partial charge in [0.2, 0.25) is 15.9 Å². The van der Waals surface area contributed by atoms with Crippen LogP contribution in [0.15, 0.2) is 45.0 Å². The van der Waals surface area contributed by atoms with Gasteiger partial charge in [0.05, 0.1) is 15.9 Å². The maximum atomic E-state index is 13.2. The number of ether oxygens (including phenoxy) is 1. The quantitative estimate of drug-likeness (QED) is 0.544. The molecule has 0 bridgehead atoms. The van der Waals surface area contributed by atoms with Gasteiger partial charge >= 0.3 is 5.97 Å². The SMILES string of the molecule is Cc1ccc(S(=O)(=O)N2C[C@H](O)C[C@@H]2C(=O)OCc2nc(-c3cccs3)oc2C)cc1C. The van der Waals surface area contributed by atoms with Crippen LogP contribution in [0, 0.1) is 20.8 Å². The number of hydrogen-bond donors (Lipinski definition) is 1. The molecule has 1 fully saturated rings. The van der Waals surface area contributed by atoms with E-state index in [4.69, 9.17) is 9.15 Å². The summed E-state index contributed by atoms with van der Waals surface area (Å²) in [6, 6.07) is 7.45. The summed E-state index contributed by atoms with van der Waals surface area (Å²) in [5.74, 6) is 0.236. The van der Waals surface area contributed by atoms with Crippen LogP contribution < -0.4 is 0 Å². The molecule has 3 aromatic rings. The van der Waals surface area contributed by atoms with E-state index in [1.807, 2.05) is 31.4 Å². The van der Waals surface area contributed by atoms with E-state index >= 15 is 0 Å². The summed E-state index contributed by atoms with van der Waals surface area (Å²) >= 11 is 1.48. The van der Waals surface area contributed by atoms with E-state index in [2.05, 4.69) is 4.98 Å². The normalized spacial score (nSPS) is 19.4. The zero-order valence-corrected chi connectivity index (χ0v) is 19.6. The summed E-state index contributed by atoms with van der Waals surface area (Å²) in [5, 5.41) is 12.0. The maximum absolute atomic E-state index is 13.2. The third-order valence-corrected chi connectivity index (χ3v) is 8.29. The highest BCUT2D eigenvalue weighted by molar-refractivity contribution is 7.89. The first-order valence-electron chi connectivity index (χ1n) is 10.1. The first-order chi connectivity index (χ1) is 15.2. The minimum absolute atomic E-state index is 0.0266. The maximum Gasteiger partial charge on any atom is 0.324 e. The predicted molar refractivity (Wildman–Crippen MR) is 119 cm³/mol. The summed E-state index contributed by atoms with van der Waals surface area (Å²) in [7, 11) is -3.98. The molecule has 0 amide bonds. The van der Waals surface area contributed by atoms with Crippen molar-refractivity contribution in [1.29, 1.82) is 0 Å². The van der Waals surface area contributed by atoms with E-state index < -0.39 is 28.1 Å². The number of aliphatic hydroxyl groups excluding tert-OH is 1. The Kier molecular flexibility index (Phi) is 6.22. The van der Waals surface area contributed by atoms with E-state index in [0.717, 1.165) is 20.3 Å². The minimum Gasteiger partial charge on any atom is -0.458 e. The van der Waals surface area contributed by atoms with Gasteiger partial charge in [0.15, 0.2) is 0 Å². The number of sulfonamides is 1. The average molecular weight is 477 g/mol. The van der Waals surface area contributed by atoms with Gasteiger partial charge < -0.3 is 14.3 Å². The van der Waals surface area contributed by atoms with Crippen molar-refractivity contribution in [2.45, 2.75) is 50.8 Å². The van der Waals surface area contributed by atoms with E-state index in [1.54, 1.807) is 19.1 Å². The van der Waals surface area contributed by atoms with Crippen molar-refractivity contribution in [3.63, 3.8) is 0 Å². The number of benzene rings is 1. The van der Waals surface area contributed by atoms with E-state index in [-0.39, 0.29) is 24.5 Å². The fourth-order valence-corrected chi connectivity index (χ4v) is 5.94. The van der Waals surface area contributed by atoms with Crippen molar-refractivity contribution in [3.05, 3.63) is 58.3 Å². The topological polar surface area (TPSA) is 110 Å². The zero-order valence-electron chi connectivity index (χ0n) is 17.9. The fraction of sp³-hybridized carbons (Fsp3) is 0.364. The number of thiophene rings is 1. The summed E-state index contributed by atoms with van der Waals surface area (Å²) in [5.41, 5.74) is 2.25. The van der Waals surface area contributed by atoms with Gasteiger partial charge in [-0.15, -0.1) is 11.3 Å². The smallest absolute Gasteiger partial charge is 0.324 e. The molecule has 1 N–H and O–H groups in total. The number of aromatic nitrogens is 1. The van der Waals surface area contributed by atoms with Crippen molar-refractivity contribution in [2.75, 3.05) is 6.54 Å². The minimum atomic E-state index is -3.98. The molecule has 2 atom stereocenters. The number of β-amino-alcohol motifs (C(OH)–C–C–N with tert-alkyl or cyclic N) is 1. The van der Waals surface area contributed by atoms with Crippen LogP contribution in [-0.2, 0) is 26.2 Å². The highest BCUT2D eigenvalue weighted by atomic mass is 32.2. The lowest BCUT2D eigenvalue weighted by molar-refractivity contribution is -0.149. The third-order valence-electron chi connectivity index (χ3n) is 5.57. The molecule has 4 rings (SSSR count). The van der Waals surface area contributed by atoms with Crippen LogP contribution in [0.2, 0.25) is 0 Å². The van der Waals surface area contributed by atoms with Crippen LogP contribution in [0.1, 0.15) is 29.0 Å². The van der Waals surface area contributed by atoms with Gasteiger partial charge in [0.25, 0.3) is 0 Å². The number of carbonyl (C=O) groups is 1. The van der Waals surface area contributed by atoms with Gasteiger partial charge in [-0.05, 0) is 55.5 Å². The summed E-state index contributed by atoms with van der Waals surface area (Å²) in [4.78, 5) is 18.1. The number of carbonyl (C=O) groups excluding carboxylic acids is 1. The van der Waals surface area contributed by atoms with Crippen molar-refractivity contribution in [2.24, 2.45) is 0 Å². The Morgan fingerprint density at radius 1 is 1.28 bits per heavy atom. The molecule has 32 heavy (non-hydrogen) atoms. The molecule has 0 spiro atoms. The van der Waals surface area contributed by atoms with Crippen LogP contribution in [0.4, 0.5) is 0 Å². The molecule has 1 aliphatic rings. The van der Waals surface area contributed by atoms with Gasteiger partial charge in [-0.2, -0.15) is 4.31 Å². The molecule has 10 heteroatoms. The number of aryl methyl sites for hydroxylation is 3. The summed E-state index contributed by atoms with van der Waals surface area (Å²) in [6.45, 7) is 5.12. The lowest BCUT2D eigenvalue weighted by Crippen LogP contribution is -2.41. The molecule has 0 saturated carbocycles. The molecule has 2 aromatic heterocycles. The molecule has 0 aliphatic carbocycles. The molecular formula is C22H24N2O6S2. The monoisotopic (exact) mass is 476 g/mol. The molecule has 3 heterocycles. The Morgan fingerprint density at radius 2 is 2.06 bits per heavy atom. The molecule has 8 nitrogen and oxygen atoms in total. The largest absolute Gasteiger partial charge is 0.458 e. The molecule has 0 unspecified atom stereocenters. The Bertz CT molecular complexity index is 1230. The van der Waals surface area contributed by atoms with Gasteiger partial charge in [0, 0.05) is 13.0 Å². The van der Waals surface area contributed by atoms with Gasteiger partial charge in [-0.3, -0.25) is 4.79 Å². The Balaban J connectivity index is 1.51. The Morgan fingerprint density at radius 3 is 2.75 bits per heavy atom. The highest BCUT2D eigenvalue weighted by Crippen LogP contribution is 2.29. The molecular weight excluding hydrogens is 452 g/mol. The van der Waals surface area contributed by atoms with Crippen molar-refractivity contribution in [1.82, 2.24) is 9.29 Å². The Labute approximate surface area is 190 Å². The van der Waals surface area contributed by atoms with Crippen LogP contribution >= 0.6 is 11.3 Å². The van der Waals surface area contributed by atoms with E-state index in [9.17, 15) is 18.3 Å². The standard InChI is InChI=1S/C22H24N2O6S2/c1-13-6-7-17(9-14(13)2)32(27,28)24-11-16(25)10-19(24)22(26)29-12-18-15(3)30-21(23-18)20-5-4-8-31-20/h4-9,16,19,25H,10-12H2,1-3H3/t16-,19-/m1/s1. The first-order valence-corrected chi connectivity index (χ1v) is 12.4. The summed E-state index contributed by atoms with van der Waals surface area (Å²) < 4.78 is 38.5. The number of nitrogens with zero attached hydrogens (tertiary/aromatic N) is 2. The van der Waals surface area contributed by atoms with E-state index in [0.29, 0.717) is 17.3 Å². The number of rotatable bonds is 6. The van der Waals surface area contributed by atoms with Crippen molar-refractivity contribution in [3.8, 4) is 10.8 Å². The van der Waals surface area contributed by atoms with E-state index in [1.165, 1.54) is 17.4 Å². The zero-order chi connectivity index (χ0) is 23.0. The summed E-state index contributed by atoms with van der Waals surface area (Å²) in [6.07, 6.45) is -0.977.